The molecule has 1 aromatic rings. The zero-order valence-corrected chi connectivity index (χ0v) is 6.96. The standard InChI is InChI=1S/C9H5F2NO2/c10-7-5(3-4-12)1-2-6-8(7)14-9(11)13-6/h1-2,9H,3H2. The fourth-order valence-corrected chi connectivity index (χ4v) is 1.22. The van der Waals surface area contributed by atoms with Gasteiger partial charge in [0.05, 0.1) is 12.5 Å². The van der Waals surface area contributed by atoms with Crippen LogP contribution in [0, 0.1) is 17.1 Å². The Morgan fingerprint density at radius 3 is 2.93 bits per heavy atom. The van der Waals surface area contributed by atoms with Gasteiger partial charge in [0.2, 0.25) is 5.75 Å². The summed E-state index contributed by atoms with van der Waals surface area (Å²) in [5.74, 6) is -0.967. The molecule has 1 unspecified atom stereocenters. The molecule has 3 nitrogen and oxygen atoms in total. The second-order valence-electron chi connectivity index (χ2n) is 2.71. The molecule has 72 valence electrons. The van der Waals surface area contributed by atoms with Crippen LogP contribution in [0.3, 0.4) is 0 Å². The SMILES string of the molecule is N#CCc1ccc2c(c1F)OC(F)O2. The number of rotatable bonds is 1. The third-order valence-electron chi connectivity index (χ3n) is 1.84. The van der Waals surface area contributed by atoms with Crippen molar-refractivity contribution in [3.8, 4) is 17.6 Å². The molecule has 1 atom stereocenters. The quantitative estimate of drug-likeness (QED) is 0.690. The zero-order chi connectivity index (χ0) is 10.1. The molecule has 1 aromatic carbocycles. The van der Waals surface area contributed by atoms with E-state index in [4.69, 9.17) is 5.26 Å². The second kappa shape index (κ2) is 3.14. The fourth-order valence-electron chi connectivity index (χ4n) is 1.22. The lowest BCUT2D eigenvalue weighted by Gasteiger charge is -2.00. The normalized spacial score (nSPS) is 17.9. The molecule has 1 aliphatic heterocycles. The molecule has 0 saturated carbocycles. The van der Waals surface area contributed by atoms with Crippen molar-refractivity contribution in [2.24, 2.45) is 0 Å². The van der Waals surface area contributed by atoms with Crippen LogP contribution in [0.2, 0.25) is 0 Å². The molecule has 14 heavy (non-hydrogen) atoms. The number of hydrogen-bond donors (Lipinski definition) is 0. The minimum Gasteiger partial charge on any atom is -0.425 e. The number of hydrogen-bond acceptors (Lipinski definition) is 3. The Labute approximate surface area is 78.5 Å². The first kappa shape index (κ1) is 8.75. The Bertz CT molecular complexity index is 414. The Hall–Kier alpha value is -1.83. The van der Waals surface area contributed by atoms with E-state index in [-0.39, 0.29) is 23.5 Å². The lowest BCUT2D eigenvalue weighted by molar-refractivity contribution is -0.0663. The van der Waals surface area contributed by atoms with E-state index in [0.717, 1.165) is 0 Å². The maximum atomic E-state index is 13.4. The average Bonchev–Trinajstić information content (AvgIpc) is 2.52. The van der Waals surface area contributed by atoms with Crippen LogP contribution in [0.25, 0.3) is 0 Å². The Morgan fingerprint density at radius 1 is 1.43 bits per heavy atom. The van der Waals surface area contributed by atoms with E-state index < -0.39 is 12.4 Å². The average molecular weight is 197 g/mol. The van der Waals surface area contributed by atoms with E-state index in [9.17, 15) is 8.78 Å². The predicted octanol–water partition coefficient (Wildman–Crippen LogP) is 1.92. The summed E-state index contributed by atoms with van der Waals surface area (Å²) in [7, 11) is 0. The summed E-state index contributed by atoms with van der Waals surface area (Å²) in [6.45, 7) is -1.96. The highest BCUT2D eigenvalue weighted by atomic mass is 19.2. The maximum Gasteiger partial charge on any atom is 0.397 e. The van der Waals surface area contributed by atoms with Crippen LogP contribution in [0.4, 0.5) is 8.78 Å². The molecule has 5 heteroatoms. The summed E-state index contributed by atoms with van der Waals surface area (Å²) in [5, 5.41) is 8.38. The van der Waals surface area contributed by atoms with Crippen molar-refractivity contribution < 1.29 is 18.3 Å². The number of nitrogens with zero attached hydrogens (tertiary/aromatic N) is 1. The van der Waals surface area contributed by atoms with Gasteiger partial charge in [0.15, 0.2) is 11.6 Å². The first-order valence-corrected chi connectivity index (χ1v) is 3.88. The second-order valence-corrected chi connectivity index (χ2v) is 2.71. The van der Waals surface area contributed by atoms with Gasteiger partial charge in [-0.15, -0.1) is 0 Å². The van der Waals surface area contributed by atoms with Gasteiger partial charge in [-0.1, -0.05) is 6.07 Å². The zero-order valence-electron chi connectivity index (χ0n) is 6.96. The summed E-state index contributed by atoms with van der Waals surface area (Å²) in [5.41, 5.74) is 0.170. The van der Waals surface area contributed by atoms with Crippen molar-refractivity contribution in [2.75, 3.05) is 0 Å². The molecule has 2 rings (SSSR count). The van der Waals surface area contributed by atoms with Crippen molar-refractivity contribution in [3.63, 3.8) is 0 Å². The van der Waals surface area contributed by atoms with Crippen LogP contribution in [0.5, 0.6) is 11.5 Å². The van der Waals surface area contributed by atoms with Gasteiger partial charge in [-0.2, -0.15) is 9.65 Å². The van der Waals surface area contributed by atoms with E-state index in [2.05, 4.69) is 9.47 Å². The largest absolute Gasteiger partial charge is 0.425 e. The monoisotopic (exact) mass is 197 g/mol. The van der Waals surface area contributed by atoms with Crippen LogP contribution >= 0.6 is 0 Å². The van der Waals surface area contributed by atoms with E-state index in [0.29, 0.717) is 0 Å². The third-order valence-corrected chi connectivity index (χ3v) is 1.84. The van der Waals surface area contributed by atoms with E-state index in [1.165, 1.54) is 12.1 Å². The highest BCUT2D eigenvalue weighted by Gasteiger charge is 2.28. The Kier molecular flexibility index (Phi) is 1.97. The molecule has 0 saturated heterocycles. The molecular formula is C9H5F2NO2. The van der Waals surface area contributed by atoms with Crippen LogP contribution in [0.1, 0.15) is 5.56 Å². The number of nitriles is 1. The van der Waals surface area contributed by atoms with Gasteiger partial charge in [-0.25, -0.2) is 4.39 Å². The highest BCUT2D eigenvalue weighted by molar-refractivity contribution is 5.46. The van der Waals surface area contributed by atoms with Crippen molar-refractivity contribution in [2.45, 2.75) is 13.0 Å². The molecule has 1 heterocycles. The topological polar surface area (TPSA) is 42.2 Å². The summed E-state index contributed by atoms with van der Waals surface area (Å²) in [6, 6.07) is 4.55. The van der Waals surface area contributed by atoms with E-state index in [1.54, 1.807) is 6.07 Å². The van der Waals surface area contributed by atoms with Gasteiger partial charge in [0.1, 0.15) is 0 Å². The first-order chi connectivity index (χ1) is 6.72. The van der Waals surface area contributed by atoms with E-state index >= 15 is 0 Å². The molecule has 0 bridgehead atoms. The van der Waals surface area contributed by atoms with Gasteiger partial charge in [-0.05, 0) is 6.07 Å². The van der Waals surface area contributed by atoms with Crippen molar-refractivity contribution in [3.05, 3.63) is 23.5 Å². The predicted molar refractivity (Wildman–Crippen MR) is 41.9 cm³/mol. The van der Waals surface area contributed by atoms with Crippen LogP contribution in [0.15, 0.2) is 12.1 Å². The fraction of sp³-hybridized carbons (Fsp3) is 0.222. The number of halogens is 2. The summed E-state index contributed by atoms with van der Waals surface area (Å²) in [6.07, 6.45) is -0.0839. The number of benzene rings is 1. The van der Waals surface area contributed by atoms with Crippen molar-refractivity contribution in [1.82, 2.24) is 0 Å². The van der Waals surface area contributed by atoms with E-state index in [1.807, 2.05) is 0 Å². The van der Waals surface area contributed by atoms with Gasteiger partial charge in [0.25, 0.3) is 0 Å². The number of alkyl halides is 1. The number of fused-ring (bicyclic) bond motifs is 1. The minimum absolute atomic E-state index is 0.0247. The summed E-state index contributed by atoms with van der Waals surface area (Å²) in [4.78, 5) is 0. The lowest BCUT2D eigenvalue weighted by Crippen LogP contribution is -2.09. The highest BCUT2D eigenvalue weighted by Crippen LogP contribution is 2.38. The molecule has 0 aliphatic carbocycles. The smallest absolute Gasteiger partial charge is 0.397 e. The molecule has 0 amide bonds. The lowest BCUT2D eigenvalue weighted by atomic mass is 10.1. The van der Waals surface area contributed by atoms with Crippen LogP contribution < -0.4 is 9.47 Å². The summed E-state index contributed by atoms with van der Waals surface area (Å²) < 4.78 is 34.9. The Morgan fingerprint density at radius 2 is 2.21 bits per heavy atom. The van der Waals surface area contributed by atoms with Crippen molar-refractivity contribution >= 4 is 0 Å². The summed E-state index contributed by atoms with van der Waals surface area (Å²) >= 11 is 0. The third kappa shape index (κ3) is 1.25. The number of ether oxygens (including phenoxy) is 2. The van der Waals surface area contributed by atoms with Crippen molar-refractivity contribution in [1.29, 1.82) is 5.26 Å². The first-order valence-electron chi connectivity index (χ1n) is 3.88. The maximum absolute atomic E-state index is 13.4. The molecule has 0 aromatic heterocycles. The van der Waals surface area contributed by atoms with Gasteiger partial charge < -0.3 is 9.47 Å². The molecule has 0 spiro atoms. The molecule has 0 fully saturated rings. The van der Waals surface area contributed by atoms with Gasteiger partial charge in [0, 0.05) is 5.56 Å². The molecule has 0 N–H and O–H groups in total. The van der Waals surface area contributed by atoms with Gasteiger partial charge in [-0.3, -0.25) is 0 Å². The minimum atomic E-state index is -1.96. The Balaban J connectivity index is 2.44. The van der Waals surface area contributed by atoms with Crippen LogP contribution in [-0.4, -0.2) is 6.54 Å². The molecule has 1 aliphatic rings. The van der Waals surface area contributed by atoms with Gasteiger partial charge >= 0.3 is 6.54 Å². The molecular weight excluding hydrogens is 192 g/mol. The van der Waals surface area contributed by atoms with Crippen LogP contribution in [-0.2, 0) is 6.42 Å². The molecule has 0 radical (unpaired) electrons.